The van der Waals surface area contributed by atoms with Gasteiger partial charge in [0.2, 0.25) is 5.91 Å². The molecular formula is C16H17IN4O2. The lowest BCUT2D eigenvalue weighted by molar-refractivity contribution is -0.116. The summed E-state index contributed by atoms with van der Waals surface area (Å²) in [5.41, 5.74) is 1.76. The zero-order valence-electron chi connectivity index (χ0n) is 12.6. The molecule has 0 aliphatic heterocycles. The molecule has 1 aromatic heterocycles. The van der Waals surface area contributed by atoms with Crippen LogP contribution in [0.5, 0.6) is 0 Å². The van der Waals surface area contributed by atoms with Crippen molar-refractivity contribution in [1.82, 2.24) is 10.3 Å². The number of anilines is 2. The topological polar surface area (TPSA) is 83.1 Å². The largest absolute Gasteiger partial charge is 0.337 e. The number of halogens is 1. The van der Waals surface area contributed by atoms with Gasteiger partial charge in [0.05, 0.1) is 5.69 Å². The number of hydrogen-bond donors (Lipinski definition) is 3. The quantitative estimate of drug-likeness (QED) is 0.645. The molecule has 0 saturated heterocycles. The number of amides is 3. The number of carbonyl (C=O) groups is 2. The van der Waals surface area contributed by atoms with Crippen molar-refractivity contribution in [3.05, 3.63) is 51.7 Å². The van der Waals surface area contributed by atoms with Gasteiger partial charge in [0.1, 0.15) is 5.82 Å². The van der Waals surface area contributed by atoms with E-state index in [1.807, 2.05) is 37.3 Å². The third-order valence-electron chi connectivity index (χ3n) is 2.94. The summed E-state index contributed by atoms with van der Waals surface area (Å²) >= 11 is 2.14. The van der Waals surface area contributed by atoms with Crippen molar-refractivity contribution in [3.63, 3.8) is 0 Å². The molecule has 0 spiro atoms. The highest BCUT2D eigenvalue weighted by Gasteiger charge is 2.06. The second kappa shape index (κ2) is 8.47. The number of aromatic nitrogens is 1. The van der Waals surface area contributed by atoms with E-state index in [4.69, 9.17) is 0 Å². The second-order valence-corrected chi connectivity index (χ2v) is 6.04. The molecule has 6 nitrogen and oxygen atoms in total. The molecular weight excluding hydrogens is 407 g/mol. The Morgan fingerprint density at radius 1 is 1.13 bits per heavy atom. The van der Waals surface area contributed by atoms with Crippen LogP contribution in [0.3, 0.4) is 0 Å². The summed E-state index contributed by atoms with van der Waals surface area (Å²) in [7, 11) is 0. The Morgan fingerprint density at radius 2 is 1.91 bits per heavy atom. The van der Waals surface area contributed by atoms with E-state index in [-0.39, 0.29) is 24.9 Å². The summed E-state index contributed by atoms with van der Waals surface area (Å²) in [6.07, 6.45) is 1.86. The van der Waals surface area contributed by atoms with Crippen molar-refractivity contribution in [2.45, 2.75) is 13.3 Å². The number of hydrogen-bond acceptors (Lipinski definition) is 3. The zero-order valence-corrected chi connectivity index (χ0v) is 14.8. The molecule has 0 aliphatic carbocycles. The summed E-state index contributed by atoms with van der Waals surface area (Å²) in [5.74, 6) is 0.305. The van der Waals surface area contributed by atoms with Gasteiger partial charge in [0, 0.05) is 22.7 Å². The lowest BCUT2D eigenvalue weighted by atomic mass is 10.3. The van der Waals surface area contributed by atoms with E-state index in [0.29, 0.717) is 5.82 Å². The van der Waals surface area contributed by atoms with E-state index < -0.39 is 0 Å². The molecule has 3 amide bonds. The van der Waals surface area contributed by atoms with Crippen LogP contribution in [0, 0.1) is 10.5 Å². The Morgan fingerprint density at radius 3 is 2.61 bits per heavy atom. The molecule has 0 aliphatic rings. The van der Waals surface area contributed by atoms with E-state index in [1.54, 1.807) is 12.3 Å². The molecule has 23 heavy (non-hydrogen) atoms. The van der Waals surface area contributed by atoms with Crippen molar-refractivity contribution in [2.75, 3.05) is 17.2 Å². The molecule has 1 aromatic carbocycles. The third kappa shape index (κ3) is 5.85. The van der Waals surface area contributed by atoms with Gasteiger partial charge in [0.25, 0.3) is 0 Å². The Kier molecular flexibility index (Phi) is 6.33. The van der Waals surface area contributed by atoms with Gasteiger partial charge in [-0.05, 0) is 53.3 Å². The standard InChI is InChI=1S/C16H17IN4O2/c1-11-6-7-14(19-10-11)21-15(22)8-9-18-16(23)20-13-5-3-2-4-12(13)17/h2-7,10H,8-9H2,1H3,(H2,18,20,23)(H,19,21,22). The van der Waals surface area contributed by atoms with Crippen molar-refractivity contribution in [3.8, 4) is 0 Å². The van der Waals surface area contributed by atoms with Crippen LogP contribution in [0.15, 0.2) is 42.6 Å². The molecule has 0 atom stereocenters. The van der Waals surface area contributed by atoms with E-state index >= 15 is 0 Å². The maximum atomic E-state index is 11.8. The Hall–Kier alpha value is -2.16. The number of nitrogens with zero attached hydrogens (tertiary/aromatic N) is 1. The fourth-order valence-electron chi connectivity index (χ4n) is 1.77. The molecule has 0 unspecified atom stereocenters. The highest BCUT2D eigenvalue weighted by Crippen LogP contribution is 2.16. The maximum absolute atomic E-state index is 11.8. The van der Waals surface area contributed by atoms with Crippen molar-refractivity contribution in [2.24, 2.45) is 0 Å². The first-order chi connectivity index (χ1) is 11.0. The van der Waals surface area contributed by atoms with Crippen LogP contribution in [0.2, 0.25) is 0 Å². The minimum atomic E-state index is -0.338. The highest BCUT2D eigenvalue weighted by atomic mass is 127. The van der Waals surface area contributed by atoms with Crippen molar-refractivity contribution in [1.29, 1.82) is 0 Å². The molecule has 2 rings (SSSR count). The molecule has 1 heterocycles. The number of rotatable bonds is 5. The molecule has 7 heteroatoms. The fourth-order valence-corrected chi connectivity index (χ4v) is 2.29. The number of para-hydroxylation sites is 1. The van der Waals surface area contributed by atoms with Crippen molar-refractivity contribution >= 4 is 46.0 Å². The van der Waals surface area contributed by atoms with Crippen LogP contribution in [0.1, 0.15) is 12.0 Å². The first-order valence-electron chi connectivity index (χ1n) is 7.06. The third-order valence-corrected chi connectivity index (χ3v) is 3.88. The van der Waals surface area contributed by atoms with Crippen molar-refractivity contribution < 1.29 is 9.59 Å². The first-order valence-corrected chi connectivity index (χ1v) is 8.14. The van der Waals surface area contributed by atoms with Crippen LogP contribution >= 0.6 is 22.6 Å². The predicted molar refractivity (Wildman–Crippen MR) is 98.4 cm³/mol. The highest BCUT2D eigenvalue weighted by molar-refractivity contribution is 14.1. The number of urea groups is 1. The zero-order chi connectivity index (χ0) is 16.7. The van der Waals surface area contributed by atoms with Gasteiger partial charge in [-0.3, -0.25) is 4.79 Å². The first kappa shape index (κ1) is 17.2. The van der Waals surface area contributed by atoms with E-state index in [0.717, 1.165) is 14.8 Å². The molecule has 0 radical (unpaired) electrons. The Labute approximate surface area is 148 Å². The number of carbonyl (C=O) groups excluding carboxylic acids is 2. The van der Waals surface area contributed by atoms with Gasteiger partial charge in [-0.1, -0.05) is 18.2 Å². The second-order valence-electron chi connectivity index (χ2n) is 4.88. The summed E-state index contributed by atoms with van der Waals surface area (Å²) in [5, 5.41) is 8.07. The fraction of sp³-hybridized carbons (Fsp3) is 0.188. The molecule has 0 fully saturated rings. The Bertz CT molecular complexity index is 689. The normalized spacial score (nSPS) is 10.0. The van der Waals surface area contributed by atoms with E-state index in [9.17, 15) is 9.59 Å². The number of pyridine rings is 1. The van der Waals surface area contributed by atoms with Gasteiger partial charge in [-0.15, -0.1) is 0 Å². The van der Waals surface area contributed by atoms with E-state index in [1.165, 1.54) is 0 Å². The monoisotopic (exact) mass is 424 g/mol. The van der Waals surface area contributed by atoms with Crippen LogP contribution < -0.4 is 16.0 Å². The molecule has 2 aromatic rings. The van der Waals surface area contributed by atoms with Gasteiger partial charge in [0.15, 0.2) is 0 Å². The average molecular weight is 424 g/mol. The van der Waals surface area contributed by atoms with E-state index in [2.05, 4.69) is 43.5 Å². The molecule has 0 saturated carbocycles. The predicted octanol–water partition coefficient (Wildman–Crippen LogP) is 3.14. The van der Waals surface area contributed by atoms with Crippen LogP contribution in [0.4, 0.5) is 16.3 Å². The smallest absolute Gasteiger partial charge is 0.319 e. The number of benzene rings is 1. The minimum Gasteiger partial charge on any atom is -0.337 e. The maximum Gasteiger partial charge on any atom is 0.319 e. The van der Waals surface area contributed by atoms with Gasteiger partial charge >= 0.3 is 6.03 Å². The summed E-state index contributed by atoms with van der Waals surface area (Å²) < 4.78 is 0.948. The summed E-state index contributed by atoms with van der Waals surface area (Å²) in [6.45, 7) is 2.17. The molecule has 120 valence electrons. The minimum absolute atomic E-state index is 0.175. The average Bonchev–Trinajstić information content (AvgIpc) is 2.52. The number of aryl methyl sites for hydroxylation is 1. The lowest BCUT2D eigenvalue weighted by Gasteiger charge is -2.09. The van der Waals surface area contributed by atoms with Gasteiger partial charge in [-0.25, -0.2) is 9.78 Å². The Balaban J connectivity index is 1.72. The van der Waals surface area contributed by atoms with Crippen LogP contribution in [0.25, 0.3) is 0 Å². The summed E-state index contributed by atoms with van der Waals surface area (Å²) in [4.78, 5) is 27.6. The lowest BCUT2D eigenvalue weighted by Crippen LogP contribution is -2.31. The van der Waals surface area contributed by atoms with Gasteiger partial charge < -0.3 is 16.0 Å². The number of nitrogens with one attached hydrogen (secondary N) is 3. The molecule has 0 bridgehead atoms. The van der Waals surface area contributed by atoms with Crippen LogP contribution in [-0.4, -0.2) is 23.5 Å². The SMILES string of the molecule is Cc1ccc(NC(=O)CCNC(=O)Nc2ccccc2I)nc1. The van der Waals surface area contributed by atoms with Crippen LogP contribution in [-0.2, 0) is 4.79 Å². The molecule has 3 N–H and O–H groups in total. The van der Waals surface area contributed by atoms with Gasteiger partial charge in [-0.2, -0.15) is 0 Å². The summed E-state index contributed by atoms with van der Waals surface area (Å²) in [6, 6.07) is 10.7.